The van der Waals surface area contributed by atoms with Crippen LogP contribution in [0.15, 0.2) is 23.0 Å². The SMILES string of the molecule is Cc1cc(CNCCn2ccnc2C)on1. The lowest BCUT2D eigenvalue weighted by Gasteiger charge is -2.05. The van der Waals surface area contributed by atoms with Crippen LogP contribution in [-0.4, -0.2) is 21.3 Å². The number of aromatic nitrogens is 3. The fourth-order valence-electron chi connectivity index (χ4n) is 1.55. The summed E-state index contributed by atoms with van der Waals surface area (Å²) in [5.41, 5.74) is 0.919. The first-order valence-electron chi connectivity index (χ1n) is 5.36. The Morgan fingerprint density at radius 3 is 2.94 bits per heavy atom. The molecular weight excluding hydrogens is 204 g/mol. The summed E-state index contributed by atoms with van der Waals surface area (Å²) in [6, 6.07) is 1.94. The smallest absolute Gasteiger partial charge is 0.150 e. The summed E-state index contributed by atoms with van der Waals surface area (Å²) in [6.45, 7) is 6.44. The number of nitrogens with zero attached hydrogens (tertiary/aromatic N) is 3. The zero-order valence-corrected chi connectivity index (χ0v) is 9.60. The van der Waals surface area contributed by atoms with Gasteiger partial charge in [-0.2, -0.15) is 0 Å². The maximum atomic E-state index is 5.09. The van der Waals surface area contributed by atoms with E-state index in [1.54, 1.807) is 0 Å². The Labute approximate surface area is 94.5 Å². The summed E-state index contributed by atoms with van der Waals surface area (Å²) in [5.74, 6) is 1.91. The third-order valence-corrected chi connectivity index (χ3v) is 2.43. The van der Waals surface area contributed by atoms with Gasteiger partial charge in [-0.15, -0.1) is 0 Å². The minimum atomic E-state index is 0.717. The fraction of sp³-hybridized carbons (Fsp3) is 0.455. The molecule has 86 valence electrons. The highest BCUT2D eigenvalue weighted by atomic mass is 16.5. The van der Waals surface area contributed by atoms with Gasteiger partial charge >= 0.3 is 0 Å². The van der Waals surface area contributed by atoms with Gasteiger partial charge in [-0.05, 0) is 13.8 Å². The van der Waals surface area contributed by atoms with Crippen LogP contribution in [-0.2, 0) is 13.1 Å². The molecule has 5 nitrogen and oxygen atoms in total. The Bertz CT molecular complexity index is 446. The van der Waals surface area contributed by atoms with Crippen LogP contribution in [0.2, 0.25) is 0 Å². The van der Waals surface area contributed by atoms with Crippen molar-refractivity contribution in [2.45, 2.75) is 26.9 Å². The molecule has 0 amide bonds. The number of hydrogen-bond acceptors (Lipinski definition) is 4. The Balaban J connectivity index is 1.71. The van der Waals surface area contributed by atoms with Gasteiger partial charge in [0.05, 0.1) is 12.2 Å². The van der Waals surface area contributed by atoms with E-state index in [1.807, 2.05) is 32.3 Å². The molecule has 5 heteroatoms. The van der Waals surface area contributed by atoms with E-state index in [9.17, 15) is 0 Å². The van der Waals surface area contributed by atoms with Crippen molar-refractivity contribution in [2.24, 2.45) is 0 Å². The lowest BCUT2D eigenvalue weighted by molar-refractivity contribution is 0.368. The predicted molar refractivity (Wildman–Crippen MR) is 59.9 cm³/mol. The maximum absolute atomic E-state index is 5.09. The number of aryl methyl sites for hydroxylation is 2. The predicted octanol–water partition coefficient (Wildman–Crippen LogP) is 1.28. The zero-order valence-electron chi connectivity index (χ0n) is 9.60. The summed E-state index contributed by atoms with van der Waals surface area (Å²) in [7, 11) is 0. The van der Waals surface area contributed by atoms with E-state index in [2.05, 4.69) is 20.0 Å². The van der Waals surface area contributed by atoms with Crippen molar-refractivity contribution in [1.29, 1.82) is 0 Å². The van der Waals surface area contributed by atoms with Crippen LogP contribution in [0.1, 0.15) is 17.3 Å². The van der Waals surface area contributed by atoms with Gasteiger partial charge in [0.1, 0.15) is 5.82 Å². The summed E-state index contributed by atoms with van der Waals surface area (Å²) in [6.07, 6.45) is 3.80. The highest BCUT2D eigenvalue weighted by Crippen LogP contribution is 2.01. The van der Waals surface area contributed by atoms with Crippen molar-refractivity contribution in [1.82, 2.24) is 20.0 Å². The molecule has 0 aliphatic heterocycles. The molecule has 0 aliphatic rings. The van der Waals surface area contributed by atoms with Gasteiger partial charge in [0, 0.05) is 31.5 Å². The van der Waals surface area contributed by atoms with Crippen LogP contribution in [0.4, 0.5) is 0 Å². The molecule has 0 radical (unpaired) electrons. The first-order valence-corrected chi connectivity index (χ1v) is 5.36. The van der Waals surface area contributed by atoms with Crippen LogP contribution in [0.5, 0.6) is 0 Å². The number of hydrogen-bond donors (Lipinski definition) is 1. The van der Waals surface area contributed by atoms with Crippen LogP contribution in [0, 0.1) is 13.8 Å². The van der Waals surface area contributed by atoms with Gasteiger partial charge in [-0.3, -0.25) is 0 Å². The van der Waals surface area contributed by atoms with Gasteiger partial charge in [-0.1, -0.05) is 5.16 Å². The topological polar surface area (TPSA) is 55.9 Å². The molecule has 2 rings (SSSR count). The third kappa shape index (κ3) is 2.70. The molecule has 0 aliphatic carbocycles. The maximum Gasteiger partial charge on any atom is 0.150 e. The van der Waals surface area contributed by atoms with E-state index < -0.39 is 0 Å². The average molecular weight is 220 g/mol. The first-order chi connectivity index (χ1) is 7.75. The standard InChI is InChI=1S/C11H16N4O/c1-9-7-11(16-14-9)8-12-3-5-15-6-4-13-10(15)2/h4,6-7,12H,3,5,8H2,1-2H3. The van der Waals surface area contributed by atoms with Crippen molar-refractivity contribution in [3.05, 3.63) is 35.7 Å². The van der Waals surface area contributed by atoms with E-state index in [-0.39, 0.29) is 0 Å². The van der Waals surface area contributed by atoms with Crippen molar-refractivity contribution < 1.29 is 4.52 Å². The summed E-state index contributed by atoms with van der Waals surface area (Å²) in [4.78, 5) is 4.16. The molecule has 0 aromatic carbocycles. The Morgan fingerprint density at radius 1 is 1.44 bits per heavy atom. The molecule has 1 N–H and O–H groups in total. The van der Waals surface area contributed by atoms with E-state index in [1.165, 1.54) is 0 Å². The summed E-state index contributed by atoms with van der Waals surface area (Å²) in [5, 5.41) is 7.13. The van der Waals surface area contributed by atoms with E-state index >= 15 is 0 Å². The van der Waals surface area contributed by atoms with Crippen molar-refractivity contribution >= 4 is 0 Å². The molecule has 2 heterocycles. The monoisotopic (exact) mass is 220 g/mol. The van der Waals surface area contributed by atoms with Gasteiger partial charge in [0.2, 0.25) is 0 Å². The van der Waals surface area contributed by atoms with Crippen molar-refractivity contribution in [3.8, 4) is 0 Å². The lowest BCUT2D eigenvalue weighted by Crippen LogP contribution is -2.19. The second-order valence-corrected chi connectivity index (χ2v) is 3.78. The van der Waals surface area contributed by atoms with E-state index in [0.29, 0.717) is 6.54 Å². The van der Waals surface area contributed by atoms with Gasteiger partial charge < -0.3 is 14.4 Å². The lowest BCUT2D eigenvalue weighted by atomic mass is 10.4. The Hall–Kier alpha value is -1.62. The van der Waals surface area contributed by atoms with Crippen molar-refractivity contribution in [3.63, 3.8) is 0 Å². The fourth-order valence-corrected chi connectivity index (χ4v) is 1.55. The van der Waals surface area contributed by atoms with Crippen LogP contribution in [0.25, 0.3) is 0 Å². The average Bonchev–Trinajstić information content (AvgIpc) is 2.83. The van der Waals surface area contributed by atoms with Crippen molar-refractivity contribution in [2.75, 3.05) is 6.54 Å². The molecule has 0 spiro atoms. The quantitative estimate of drug-likeness (QED) is 0.771. The van der Waals surface area contributed by atoms with Crippen LogP contribution < -0.4 is 5.32 Å². The second-order valence-electron chi connectivity index (χ2n) is 3.78. The second kappa shape index (κ2) is 4.94. The van der Waals surface area contributed by atoms with Gasteiger partial charge in [-0.25, -0.2) is 4.98 Å². The highest BCUT2D eigenvalue weighted by molar-refractivity contribution is 5.02. The van der Waals surface area contributed by atoms with Gasteiger partial charge in [0.25, 0.3) is 0 Å². The molecule has 2 aromatic heterocycles. The molecule has 0 fully saturated rings. The van der Waals surface area contributed by atoms with Crippen LogP contribution in [0.3, 0.4) is 0 Å². The van der Waals surface area contributed by atoms with E-state index in [0.717, 1.165) is 30.4 Å². The zero-order chi connectivity index (χ0) is 11.4. The highest BCUT2D eigenvalue weighted by Gasteiger charge is 2.00. The van der Waals surface area contributed by atoms with Crippen LogP contribution >= 0.6 is 0 Å². The molecule has 0 unspecified atom stereocenters. The third-order valence-electron chi connectivity index (χ3n) is 2.43. The summed E-state index contributed by atoms with van der Waals surface area (Å²) < 4.78 is 7.20. The van der Waals surface area contributed by atoms with Gasteiger partial charge in [0.15, 0.2) is 5.76 Å². The molecule has 0 saturated carbocycles. The molecule has 2 aromatic rings. The number of nitrogens with one attached hydrogen (secondary N) is 1. The number of imidazole rings is 1. The summed E-state index contributed by atoms with van der Waals surface area (Å²) >= 11 is 0. The Morgan fingerprint density at radius 2 is 2.31 bits per heavy atom. The Kier molecular flexibility index (Phi) is 3.36. The molecule has 0 bridgehead atoms. The molecule has 0 saturated heterocycles. The minimum absolute atomic E-state index is 0.717. The largest absolute Gasteiger partial charge is 0.360 e. The normalized spacial score (nSPS) is 10.9. The first kappa shape index (κ1) is 10.9. The molecular formula is C11H16N4O. The molecule has 0 atom stereocenters. The minimum Gasteiger partial charge on any atom is -0.360 e. The number of rotatable bonds is 5. The molecule has 16 heavy (non-hydrogen) atoms. The van der Waals surface area contributed by atoms with E-state index in [4.69, 9.17) is 4.52 Å².